The maximum atomic E-state index is 10.7. The van der Waals surface area contributed by atoms with Crippen LogP contribution in [0.2, 0.25) is 0 Å². The Kier molecular flexibility index (Phi) is 5.07. The number of nitrogens with zero attached hydrogens (tertiary/aromatic N) is 3. The largest absolute Gasteiger partial charge is 0.389 e. The highest BCUT2D eigenvalue weighted by Gasteiger charge is 2.32. The molecule has 0 bridgehead atoms. The zero-order valence-corrected chi connectivity index (χ0v) is 18.2. The van der Waals surface area contributed by atoms with Crippen LogP contribution in [0.4, 0.5) is 11.5 Å². The summed E-state index contributed by atoms with van der Waals surface area (Å²) in [5.74, 6) is 0.994. The maximum Gasteiger partial charge on any atom is 0.131 e. The van der Waals surface area contributed by atoms with Crippen LogP contribution in [-0.4, -0.2) is 61.9 Å². The molecule has 0 amide bonds. The Labute approximate surface area is 182 Å². The van der Waals surface area contributed by atoms with Crippen molar-refractivity contribution >= 4 is 33.0 Å². The number of pyridine rings is 1. The summed E-state index contributed by atoms with van der Waals surface area (Å²) in [7, 11) is -2.86. The number of fused-ring (bicyclic) bond motifs is 2. The summed E-state index contributed by atoms with van der Waals surface area (Å²) in [5, 5.41) is 21.2. The lowest BCUT2D eigenvalue weighted by molar-refractivity contribution is 0.0572. The number of aliphatic hydroxyl groups is 2. The molecule has 2 aliphatic rings. The van der Waals surface area contributed by atoms with Crippen LogP contribution in [0.5, 0.6) is 0 Å². The quantitative estimate of drug-likeness (QED) is 0.485. The molecule has 1 aromatic heterocycles. The summed E-state index contributed by atoms with van der Waals surface area (Å²) in [6, 6.07) is 15.5. The highest BCUT2D eigenvalue weighted by atomic mass is 32.3. The first kappa shape index (κ1) is 20.5. The Hall–Kier alpha value is -2.36. The molecule has 5 rings (SSSR count). The minimum Gasteiger partial charge on any atom is -0.389 e. The lowest BCUT2D eigenvalue weighted by Crippen LogP contribution is -2.27. The molecule has 1 fully saturated rings. The number of benzene rings is 2. The van der Waals surface area contributed by atoms with Crippen LogP contribution in [0.1, 0.15) is 11.1 Å². The number of β-amino-alcohol motifs (C(OH)–C–C–N with tert-alkyl or cyclic N) is 2. The lowest BCUT2D eigenvalue weighted by atomic mass is 10.1. The Balaban J connectivity index is 1.62. The van der Waals surface area contributed by atoms with Gasteiger partial charge in [-0.15, -0.1) is 0 Å². The Morgan fingerprint density at radius 3 is 2.48 bits per heavy atom. The first-order chi connectivity index (χ1) is 14.8. The second kappa shape index (κ2) is 7.65. The molecule has 2 aliphatic heterocycles. The van der Waals surface area contributed by atoms with E-state index in [1.165, 1.54) is 0 Å². The molecule has 31 heavy (non-hydrogen) atoms. The van der Waals surface area contributed by atoms with Gasteiger partial charge in [0.2, 0.25) is 0 Å². The van der Waals surface area contributed by atoms with E-state index in [1.54, 1.807) is 6.07 Å². The van der Waals surface area contributed by atoms with Gasteiger partial charge in [0.1, 0.15) is 5.82 Å². The van der Waals surface area contributed by atoms with Gasteiger partial charge in [0.15, 0.2) is 0 Å². The van der Waals surface area contributed by atoms with Crippen LogP contribution in [0.15, 0.2) is 53.4 Å². The van der Waals surface area contributed by atoms with Crippen molar-refractivity contribution in [3.63, 3.8) is 0 Å². The maximum absolute atomic E-state index is 10.7. The molecule has 0 unspecified atom stereocenters. The van der Waals surface area contributed by atoms with E-state index in [9.17, 15) is 19.3 Å². The standard InChI is InChI=1S/C23H27N3O4S/c1-15-5-4-7-17-18(26-13-19(27)20(28)14-26)11-22(24-23(15)17)25-9-10-31(29,30)21-8-3-2-6-16(21)12-25/h2-8,11,19-20,27-30H,9-10,12-14H2,1H3/t19-,20-/m0/s1. The van der Waals surface area contributed by atoms with E-state index in [2.05, 4.69) is 4.90 Å². The predicted molar refractivity (Wildman–Crippen MR) is 124 cm³/mol. The minimum absolute atomic E-state index is 0.244. The molecule has 3 aromatic rings. The van der Waals surface area contributed by atoms with Gasteiger partial charge in [-0.1, -0.05) is 36.4 Å². The van der Waals surface area contributed by atoms with Crippen molar-refractivity contribution in [3.05, 3.63) is 59.7 Å². The number of rotatable bonds is 2. The van der Waals surface area contributed by atoms with Gasteiger partial charge in [-0.05, 0) is 24.1 Å². The third-order valence-electron chi connectivity index (χ3n) is 6.26. The van der Waals surface area contributed by atoms with Crippen LogP contribution < -0.4 is 9.80 Å². The molecular formula is C23H27N3O4S. The summed E-state index contributed by atoms with van der Waals surface area (Å²) in [4.78, 5) is 9.65. The summed E-state index contributed by atoms with van der Waals surface area (Å²) < 4.78 is 21.4. The fourth-order valence-corrected chi connectivity index (χ4v) is 6.08. The van der Waals surface area contributed by atoms with Crippen LogP contribution in [0, 0.1) is 6.92 Å². The van der Waals surface area contributed by atoms with Crippen LogP contribution in [0.25, 0.3) is 10.9 Å². The number of aliphatic hydroxyl groups excluding tert-OH is 2. The third kappa shape index (κ3) is 3.64. The van der Waals surface area contributed by atoms with Crippen molar-refractivity contribution in [1.82, 2.24) is 4.98 Å². The lowest BCUT2D eigenvalue weighted by Gasteiger charge is -2.32. The number of aryl methyl sites for hydroxylation is 1. The fourth-order valence-electron chi connectivity index (χ4n) is 4.53. The second-order valence-corrected chi connectivity index (χ2v) is 10.6. The first-order valence-corrected chi connectivity index (χ1v) is 12.2. The fraction of sp³-hybridized carbons (Fsp3) is 0.348. The van der Waals surface area contributed by atoms with Gasteiger partial charge in [-0.2, -0.15) is 10.6 Å². The molecular weight excluding hydrogens is 414 g/mol. The average molecular weight is 442 g/mol. The van der Waals surface area contributed by atoms with Gasteiger partial charge in [-0.3, -0.25) is 9.11 Å². The van der Waals surface area contributed by atoms with E-state index in [0.717, 1.165) is 33.5 Å². The van der Waals surface area contributed by atoms with Crippen LogP contribution >= 0.6 is 10.6 Å². The second-order valence-electron chi connectivity index (χ2n) is 8.41. The van der Waals surface area contributed by atoms with Gasteiger partial charge in [-0.25, -0.2) is 4.98 Å². The number of aromatic nitrogens is 1. The van der Waals surface area contributed by atoms with Crippen molar-refractivity contribution in [2.45, 2.75) is 30.6 Å². The Bertz CT molecular complexity index is 1130. The molecule has 7 nitrogen and oxygen atoms in total. The van der Waals surface area contributed by atoms with Gasteiger partial charge >= 0.3 is 0 Å². The molecule has 8 heteroatoms. The summed E-state index contributed by atoms with van der Waals surface area (Å²) in [6.07, 6.45) is -1.57. The van der Waals surface area contributed by atoms with E-state index >= 15 is 0 Å². The molecule has 2 atom stereocenters. The molecule has 3 heterocycles. The van der Waals surface area contributed by atoms with Crippen LogP contribution in [0.3, 0.4) is 0 Å². The molecule has 0 radical (unpaired) electrons. The van der Waals surface area contributed by atoms with E-state index in [1.807, 2.05) is 54.3 Å². The van der Waals surface area contributed by atoms with E-state index in [0.29, 0.717) is 31.1 Å². The highest BCUT2D eigenvalue weighted by Crippen LogP contribution is 2.51. The van der Waals surface area contributed by atoms with Crippen LogP contribution in [-0.2, 0) is 6.54 Å². The number of para-hydroxylation sites is 1. The Morgan fingerprint density at radius 1 is 0.968 bits per heavy atom. The number of hydrogen-bond acceptors (Lipinski definition) is 7. The zero-order chi connectivity index (χ0) is 21.8. The van der Waals surface area contributed by atoms with E-state index in [-0.39, 0.29) is 5.75 Å². The molecule has 1 saturated heterocycles. The van der Waals surface area contributed by atoms with Gasteiger partial charge < -0.3 is 20.0 Å². The van der Waals surface area contributed by atoms with E-state index in [4.69, 9.17) is 4.98 Å². The van der Waals surface area contributed by atoms with E-state index < -0.39 is 22.8 Å². The summed E-state index contributed by atoms with van der Waals surface area (Å²) in [6.45, 7) is 3.73. The molecule has 0 saturated carbocycles. The van der Waals surface area contributed by atoms with Gasteiger partial charge in [0, 0.05) is 37.6 Å². The van der Waals surface area contributed by atoms with Gasteiger partial charge in [0.25, 0.3) is 0 Å². The average Bonchev–Trinajstić information content (AvgIpc) is 3.01. The molecule has 164 valence electrons. The zero-order valence-electron chi connectivity index (χ0n) is 17.3. The summed E-state index contributed by atoms with van der Waals surface area (Å²) in [5.41, 5.74) is 3.72. The normalized spacial score (nSPS) is 24.2. The van der Waals surface area contributed by atoms with Crippen molar-refractivity contribution in [1.29, 1.82) is 0 Å². The number of hydrogen-bond donors (Lipinski definition) is 4. The molecule has 0 spiro atoms. The van der Waals surface area contributed by atoms with Crippen molar-refractivity contribution in [2.24, 2.45) is 0 Å². The highest BCUT2D eigenvalue weighted by molar-refractivity contribution is 8.24. The third-order valence-corrected chi connectivity index (χ3v) is 8.12. The van der Waals surface area contributed by atoms with Gasteiger partial charge in [0.05, 0.1) is 34.1 Å². The Morgan fingerprint density at radius 2 is 1.71 bits per heavy atom. The minimum atomic E-state index is -2.86. The SMILES string of the molecule is Cc1cccc2c(N3C[C@H](O)[C@@H](O)C3)cc(N3CCS(O)(O)c4ccccc4C3)nc12. The monoisotopic (exact) mass is 441 g/mol. The van der Waals surface area contributed by atoms with Crippen molar-refractivity contribution < 1.29 is 19.3 Å². The molecule has 2 aromatic carbocycles. The topological polar surface area (TPSA) is 100 Å². The number of anilines is 2. The molecule has 0 aliphatic carbocycles. The smallest absolute Gasteiger partial charge is 0.131 e. The molecule has 4 N–H and O–H groups in total. The summed E-state index contributed by atoms with van der Waals surface area (Å²) >= 11 is 0. The predicted octanol–water partition coefficient (Wildman–Crippen LogP) is 3.21. The van der Waals surface area contributed by atoms with Crippen molar-refractivity contribution in [3.8, 4) is 0 Å². The first-order valence-electron chi connectivity index (χ1n) is 10.4. The van der Waals surface area contributed by atoms with Crippen molar-refractivity contribution in [2.75, 3.05) is 35.2 Å².